The van der Waals surface area contributed by atoms with Gasteiger partial charge in [0.05, 0.1) is 0 Å². The second-order valence-electron chi connectivity index (χ2n) is 4.69. The molecule has 5 heteroatoms. The zero-order valence-corrected chi connectivity index (χ0v) is 11.2. The van der Waals surface area contributed by atoms with Crippen molar-refractivity contribution in [3.05, 3.63) is 47.5 Å². The molecule has 1 heterocycles. The first-order valence-corrected chi connectivity index (χ1v) is 6.41. The fraction of sp³-hybridized carbons (Fsp3) is 0.357. The van der Waals surface area contributed by atoms with Crippen LogP contribution in [0.4, 0.5) is 0 Å². The van der Waals surface area contributed by atoms with Crippen LogP contribution in [0.15, 0.2) is 30.3 Å². The normalized spacial score (nSPS) is 10.7. The molecule has 0 spiro atoms. The Morgan fingerprint density at radius 2 is 2.05 bits per heavy atom. The fourth-order valence-electron chi connectivity index (χ4n) is 1.68. The van der Waals surface area contributed by atoms with E-state index in [1.807, 2.05) is 44.2 Å². The first-order valence-electron chi connectivity index (χ1n) is 6.41. The van der Waals surface area contributed by atoms with Crippen molar-refractivity contribution in [3.8, 4) is 0 Å². The van der Waals surface area contributed by atoms with E-state index >= 15 is 0 Å². The molecule has 0 fully saturated rings. The molecule has 5 nitrogen and oxygen atoms in total. The molecule has 0 radical (unpaired) electrons. The van der Waals surface area contributed by atoms with Crippen LogP contribution in [0, 0.1) is 0 Å². The molecular formula is C14H18N4O. The Balaban J connectivity index is 1.84. The van der Waals surface area contributed by atoms with Crippen LogP contribution in [-0.4, -0.2) is 27.6 Å². The van der Waals surface area contributed by atoms with Gasteiger partial charge in [0.15, 0.2) is 0 Å². The Morgan fingerprint density at radius 3 is 2.68 bits per heavy atom. The molecule has 1 aromatic carbocycles. The predicted molar refractivity (Wildman–Crippen MR) is 73.0 cm³/mol. The van der Waals surface area contributed by atoms with Crippen molar-refractivity contribution in [1.82, 2.24) is 20.5 Å². The average molecular weight is 258 g/mol. The van der Waals surface area contributed by atoms with E-state index in [0.29, 0.717) is 6.54 Å². The summed E-state index contributed by atoms with van der Waals surface area (Å²) in [7, 11) is 0. The molecule has 1 amide bonds. The molecule has 0 unspecified atom stereocenters. The second-order valence-corrected chi connectivity index (χ2v) is 4.69. The van der Waals surface area contributed by atoms with Crippen LogP contribution in [0.3, 0.4) is 0 Å². The van der Waals surface area contributed by atoms with Crippen molar-refractivity contribution in [2.45, 2.75) is 26.2 Å². The highest BCUT2D eigenvalue weighted by Gasteiger charge is 2.13. The van der Waals surface area contributed by atoms with Crippen molar-refractivity contribution >= 4 is 5.91 Å². The number of hydrogen-bond acceptors (Lipinski definition) is 3. The van der Waals surface area contributed by atoms with E-state index in [0.717, 1.165) is 12.2 Å². The van der Waals surface area contributed by atoms with Gasteiger partial charge in [-0.15, -0.1) is 5.10 Å². The number of amides is 1. The van der Waals surface area contributed by atoms with Crippen molar-refractivity contribution in [1.29, 1.82) is 0 Å². The van der Waals surface area contributed by atoms with Gasteiger partial charge in [0, 0.05) is 12.5 Å². The summed E-state index contributed by atoms with van der Waals surface area (Å²) in [6.45, 7) is 4.57. The molecule has 0 bridgehead atoms. The van der Waals surface area contributed by atoms with Gasteiger partial charge in [-0.2, -0.15) is 0 Å². The fourth-order valence-corrected chi connectivity index (χ4v) is 1.68. The molecule has 0 aliphatic rings. The molecular weight excluding hydrogens is 240 g/mol. The van der Waals surface area contributed by atoms with Gasteiger partial charge in [-0.25, -0.2) is 4.98 Å². The van der Waals surface area contributed by atoms with Crippen LogP contribution in [0.5, 0.6) is 0 Å². The molecule has 0 aliphatic carbocycles. The lowest BCUT2D eigenvalue weighted by Crippen LogP contribution is -2.26. The van der Waals surface area contributed by atoms with E-state index in [1.165, 1.54) is 5.56 Å². The van der Waals surface area contributed by atoms with Crippen LogP contribution in [0.1, 0.15) is 41.8 Å². The standard InChI is InChI=1S/C14H18N4O/c1-10(2)12-16-13(18-17-12)14(19)15-9-8-11-6-4-3-5-7-11/h3-7,10H,8-9H2,1-2H3,(H,15,19)(H,16,17,18). The number of benzene rings is 1. The highest BCUT2D eigenvalue weighted by molar-refractivity contribution is 5.90. The molecule has 2 aromatic rings. The minimum Gasteiger partial charge on any atom is -0.349 e. The lowest BCUT2D eigenvalue weighted by Gasteiger charge is -2.02. The van der Waals surface area contributed by atoms with E-state index in [9.17, 15) is 4.79 Å². The Hall–Kier alpha value is -2.17. The molecule has 2 rings (SSSR count). The van der Waals surface area contributed by atoms with Gasteiger partial charge < -0.3 is 5.32 Å². The number of hydrogen-bond donors (Lipinski definition) is 2. The van der Waals surface area contributed by atoms with Gasteiger partial charge >= 0.3 is 0 Å². The molecule has 0 saturated carbocycles. The predicted octanol–water partition coefficient (Wildman–Crippen LogP) is 1.90. The summed E-state index contributed by atoms with van der Waals surface area (Å²) in [5.41, 5.74) is 1.20. The minimum atomic E-state index is -0.237. The Morgan fingerprint density at radius 1 is 1.32 bits per heavy atom. The number of aromatic amines is 1. The summed E-state index contributed by atoms with van der Waals surface area (Å²) in [5.74, 6) is 0.933. The topological polar surface area (TPSA) is 70.7 Å². The van der Waals surface area contributed by atoms with Gasteiger partial charge in [-0.05, 0) is 12.0 Å². The summed E-state index contributed by atoms with van der Waals surface area (Å²) >= 11 is 0. The molecule has 19 heavy (non-hydrogen) atoms. The van der Waals surface area contributed by atoms with E-state index in [-0.39, 0.29) is 17.6 Å². The largest absolute Gasteiger partial charge is 0.349 e. The Kier molecular flexibility index (Phi) is 4.28. The molecule has 2 N–H and O–H groups in total. The quantitative estimate of drug-likeness (QED) is 0.860. The molecule has 0 aliphatic heterocycles. The number of nitrogens with one attached hydrogen (secondary N) is 2. The highest BCUT2D eigenvalue weighted by atomic mass is 16.2. The third-order valence-electron chi connectivity index (χ3n) is 2.79. The van der Waals surface area contributed by atoms with Crippen LogP contribution >= 0.6 is 0 Å². The Labute approximate surface area is 112 Å². The zero-order chi connectivity index (χ0) is 13.7. The number of carbonyl (C=O) groups is 1. The molecule has 100 valence electrons. The van der Waals surface area contributed by atoms with Crippen molar-refractivity contribution in [2.75, 3.05) is 6.54 Å². The van der Waals surface area contributed by atoms with Crippen molar-refractivity contribution in [3.63, 3.8) is 0 Å². The maximum Gasteiger partial charge on any atom is 0.290 e. The number of nitrogens with zero attached hydrogens (tertiary/aromatic N) is 2. The maximum absolute atomic E-state index is 11.8. The van der Waals surface area contributed by atoms with Crippen LogP contribution in [0.2, 0.25) is 0 Å². The zero-order valence-electron chi connectivity index (χ0n) is 11.2. The van der Waals surface area contributed by atoms with Gasteiger partial charge in [0.2, 0.25) is 5.82 Å². The van der Waals surface area contributed by atoms with Gasteiger partial charge in [-0.3, -0.25) is 9.89 Å². The summed E-state index contributed by atoms with van der Waals surface area (Å²) in [6, 6.07) is 10.0. The van der Waals surface area contributed by atoms with E-state index < -0.39 is 0 Å². The molecule has 0 atom stereocenters. The van der Waals surface area contributed by atoms with Crippen molar-refractivity contribution < 1.29 is 4.79 Å². The van der Waals surface area contributed by atoms with Crippen LogP contribution in [0.25, 0.3) is 0 Å². The summed E-state index contributed by atoms with van der Waals surface area (Å²) in [5, 5.41) is 9.50. The number of carbonyl (C=O) groups excluding carboxylic acids is 1. The molecule has 1 aromatic heterocycles. The van der Waals surface area contributed by atoms with E-state index in [4.69, 9.17) is 0 Å². The Bertz CT molecular complexity index is 533. The van der Waals surface area contributed by atoms with Crippen LogP contribution < -0.4 is 5.32 Å². The summed E-state index contributed by atoms with van der Waals surface area (Å²) < 4.78 is 0. The number of rotatable bonds is 5. The monoisotopic (exact) mass is 258 g/mol. The maximum atomic E-state index is 11.8. The summed E-state index contributed by atoms with van der Waals surface area (Å²) in [6.07, 6.45) is 0.800. The van der Waals surface area contributed by atoms with Gasteiger partial charge in [0.1, 0.15) is 5.82 Å². The highest BCUT2D eigenvalue weighted by Crippen LogP contribution is 2.07. The minimum absolute atomic E-state index is 0.205. The third kappa shape index (κ3) is 3.64. The van der Waals surface area contributed by atoms with Crippen LogP contribution in [-0.2, 0) is 6.42 Å². The number of aromatic nitrogens is 3. The van der Waals surface area contributed by atoms with Gasteiger partial charge in [0.25, 0.3) is 5.91 Å². The second kappa shape index (κ2) is 6.13. The lowest BCUT2D eigenvalue weighted by atomic mass is 10.1. The molecule has 0 saturated heterocycles. The van der Waals surface area contributed by atoms with Crippen molar-refractivity contribution in [2.24, 2.45) is 0 Å². The number of H-pyrrole nitrogens is 1. The summed E-state index contributed by atoms with van der Waals surface area (Å²) in [4.78, 5) is 16.0. The van der Waals surface area contributed by atoms with E-state index in [2.05, 4.69) is 20.5 Å². The first kappa shape index (κ1) is 13.3. The third-order valence-corrected chi connectivity index (χ3v) is 2.79. The first-order chi connectivity index (χ1) is 9.16. The van der Waals surface area contributed by atoms with E-state index in [1.54, 1.807) is 0 Å². The smallest absolute Gasteiger partial charge is 0.290 e. The SMILES string of the molecule is CC(C)c1nc(C(=O)NCCc2ccccc2)n[nH]1. The average Bonchev–Trinajstić information content (AvgIpc) is 2.89. The van der Waals surface area contributed by atoms with Gasteiger partial charge in [-0.1, -0.05) is 44.2 Å². The lowest BCUT2D eigenvalue weighted by molar-refractivity contribution is 0.0944.